The smallest absolute Gasteiger partial charge is 0.338 e. The van der Waals surface area contributed by atoms with E-state index in [0.29, 0.717) is 37.7 Å². The van der Waals surface area contributed by atoms with Crippen LogP contribution in [-0.4, -0.2) is 31.4 Å². The highest BCUT2D eigenvalue weighted by atomic mass is 32.1. The molecule has 1 unspecified atom stereocenters. The Labute approximate surface area is 217 Å². The zero-order chi connectivity index (χ0) is 26.1. The van der Waals surface area contributed by atoms with Crippen molar-refractivity contribution in [3.63, 3.8) is 0 Å². The predicted molar refractivity (Wildman–Crippen MR) is 144 cm³/mol. The first-order chi connectivity index (χ1) is 18.0. The minimum atomic E-state index is -0.807. The summed E-state index contributed by atoms with van der Waals surface area (Å²) in [5, 5.41) is 1.72. The van der Waals surface area contributed by atoms with E-state index in [1.807, 2.05) is 66.7 Å². The second kappa shape index (κ2) is 10.1. The molecule has 0 N–H and O–H groups in total. The summed E-state index contributed by atoms with van der Waals surface area (Å²) in [5.74, 6) is 0.671. The SMILES string of the molecule is CCOC(=O)C1=C(C)N=c2sc(=Cc3ccccc3)c(=O)n2C1c1c(OC)ccc2ccc(OC)cc12. The van der Waals surface area contributed by atoms with Crippen LogP contribution in [0.25, 0.3) is 16.8 Å². The summed E-state index contributed by atoms with van der Waals surface area (Å²) >= 11 is 1.29. The van der Waals surface area contributed by atoms with Crippen LogP contribution >= 0.6 is 11.3 Å². The van der Waals surface area contributed by atoms with E-state index in [0.717, 1.165) is 16.3 Å². The van der Waals surface area contributed by atoms with Gasteiger partial charge in [0.05, 0.1) is 36.6 Å². The molecule has 1 aliphatic rings. The van der Waals surface area contributed by atoms with Crippen molar-refractivity contribution in [2.45, 2.75) is 19.9 Å². The summed E-state index contributed by atoms with van der Waals surface area (Å²) in [6.07, 6.45) is 1.84. The first-order valence-corrected chi connectivity index (χ1v) is 12.7. The Morgan fingerprint density at radius 2 is 1.84 bits per heavy atom. The molecule has 2 heterocycles. The van der Waals surface area contributed by atoms with Crippen molar-refractivity contribution in [2.24, 2.45) is 4.99 Å². The van der Waals surface area contributed by atoms with E-state index in [-0.39, 0.29) is 12.2 Å². The van der Waals surface area contributed by atoms with E-state index in [9.17, 15) is 9.59 Å². The van der Waals surface area contributed by atoms with Gasteiger partial charge in [-0.3, -0.25) is 9.36 Å². The van der Waals surface area contributed by atoms with E-state index in [1.165, 1.54) is 11.3 Å². The topological polar surface area (TPSA) is 79.1 Å². The summed E-state index contributed by atoms with van der Waals surface area (Å²) in [5.41, 5.74) is 2.13. The molecule has 0 saturated carbocycles. The maximum absolute atomic E-state index is 13.9. The number of methoxy groups -OCH3 is 2. The largest absolute Gasteiger partial charge is 0.497 e. The van der Waals surface area contributed by atoms with Crippen LogP contribution in [0.15, 0.2) is 81.7 Å². The first-order valence-electron chi connectivity index (χ1n) is 11.9. The lowest BCUT2D eigenvalue weighted by Crippen LogP contribution is -2.40. The lowest BCUT2D eigenvalue weighted by atomic mass is 9.90. The van der Waals surface area contributed by atoms with Crippen molar-refractivity contribution >= 4 is 34.2 Å². The molecule has 0 amide bonds. The number of carbonyl (C=O) groups is 1. The molecule has 37 heavy (non-hydrogen) atoms. The molecule has 7 nitrogen and oxygen atoms in total. The van der Waals surface area contributed by atoms with Crippen LogP contribution in [0.4, 0.5) is 0 Å². The van der Waals surface area contributed by atoms with E-state index in [1.54, 1.807) is 32.6 Å². The van der Waals surface area contributed by atoms with E-state index >= 15 is 0 Å². The molecular weight excluding hydrogens is 488 g/mol. The van der Waals surface area contributed by atoms with Crippen LogP contribution in [0.3, 0.4) is 0 Å². The summed E-state index contributed by atoms with van der Waals surface area (Å²) < 4.78 is 18.8. The maximum Gasteiger partial charge on any atom is 0.338 e. The highest BCUT2D eigenvalue weighted by molar-refractivity contribution is 7.07. The van der Waals surface area contributed by atoms with Crippen molar-refractivity contribution < 1.29 is 19.0 Å². The Hall–Kier alpha value is -4.17. The summed E-state index contributed by atoms with van der Waals surface area (Å²) in [6, 6.07) is 18.3. The van der Waals surface area contributed by atoms with Crippen molar-refractivity contribution in [1.29, 1.82) is 0 Å². The number of benzene rings is 3. The maximum atomic E-state index is 13.9. The number of thiazole rings is 1. The number of hydrogen-bond donors (Lipinski definition) is 0. The number of esters is 1. The van der Waals surface area contributed by atoms with Gasteiger partial charge in [-0.1, -0.05) is 53.8 Å². The quantitative estimate of drug-likeness (QED) is 0.364. The molecule has 3 aromatic carbocycles. The Morgan fingerprint density at radius 3 is 2.54 bits per heavy atom. The third-order valence-corrected chi connectivity index (χ3v) is 7.32. The highest BCUT2D eigenvalue weighted by Gasteiger charge is 2.36. The van der Waals surface area contributed by atoms with E-state index < -0.39 is 12.0 Å². The third-order valence-electron chi connectivity index (χ3n) is 6.34. The molecule has 188 valence electrons. The summed E-state index contributed by atoms with van der Waals surface area (Å²) in [4.78, 5) is 32.5. The van der Waals surface area contributed by atoms with Crippen LogP contribution in [-0.2, 0) is 9.53 Å². The molecule has 1 atom stereocenters. The van der Waals surface area contributed by atoms with Gasteiger partial charge in [-0.25, -0.2) is 9.79 Å². The molecule has 1 aliphatic heterocycles. The molecular formula is C29H26N2O5S. The molecule has 0 saturated heterocycles. The van der Waals surface area contributed by atoms with Gasteiger partial charge in [0.15, 0.2) is 4.80 Å². The van der Waals surface area contributed by atoms with Gasteiger partial charge in [-0.05, 0) is 54.5 Å². The van der Waals surface area contributed by atoms with Crippen LogP contribution < -0.4 is 24.4 Å². The molecule has 0 aliphatic carbocycles. The second-order valence-electron chi connectivity index (χ2n) is 8.48. The lowest BCUT2D eigenvalue weighted by Gasteiger charge is -2.27. The predicted octanol–water partition coefficient (Wildman–Crippen LogP) is 3.97. The number of allylic oxidation sites excluding steroid dienone is 1. The molecule has 0 bridgehead atoms. The van der Waals surface area contributed by atoms with Gasteiger partial charge in [0, 0.05) is 5.56 Å². The first kappa shape index (κ1) is 24.5. The molecule has 1 aromatic heterocycles. The monoisotopic (exact) mass is 514 g/mol. The standard InChI is InChI=1S/C29H26N2O5S/c1-5-36-28(33)24-17(2)30-29-31(27(32)23(37-29)15-18-9-7-6-8-10-18)26(24)25-21-16-20(34-3)13-11-19(21)12-14-22(25)35-4/h6-16,26H,5H2,1-4H3. The van der Waals surface area contributed by atoms with Gasteiger partial charge in [0.1, 0.15) is 17.5 Å². The number of carbonyl (C=O) groups excluding carboxylic acids is 1. The van der Waals surface area contributed by atoms with Crippen LogP contribution in [0.1, 0.15) is 31.0 Å². The molecule has 0 radical (unpaired) electrons. The minimum absolute atomic E-state index is 0.196. The Bertz CT molecular complexity index is 1710. The Kier molecular flexibility index (Phi) is 6.67. The zero-order valence-electron chi connectivity index (χ0n) is 21.0. The second-order valence-corrected chi connectivity index (χ2v) is 9.49. The summed E-state index contributed by atoms with van der Waals surface area (Å²) in [7, 11) is 3.17. The van der Waals surface area contributed by atoms with Crippen LogP contribution in [0, 0.1) is 0 Å². The van der Waals surface area contributed by atoms with Crippen molar-refractivity contribution in [2.75, 3.05) is 20.8 Å². The van der Waals surface area contributed by atoms with Gasteiger partial charge in [-0.2, -0.15) is 0 Å². The van der Waals surface area contributed by atoms with Crippen LogP contribution in [0.2, 0.25) is 0 Å². The van der Waals surface area contributed by atoms with Gasteiger partial charge in [0.2, 0.25) is 0 Å². The van der Waals surface area contributed by atoms with Crippen molar-refractivity contribution in [1.82, 2.24) is 4.57 Å². The summed E-state index contributed by atoms with van der Waals surface area (Å²) in [6.45, 7) is 3.72. The number of rotatable bonds is 6. The normalized spacial score (nSPS) is 15.4. The molecule has 0 spiro atoms. The fraction of sp³-hybridized carbons (Fsp3) is 0.207. The number of fused-ring (bicyclic) bond motifs is 2. The minimum Gasteiger partial charge on any atom is -0.497 e. The molecule has 0 fully saturated rings. The zero-order valence-corrected chi connectivity index (χ0v) is 21.8. The van der Waals surface area contributed by atoms with Gasteiger partial charge in [0.25, 0.3) is 5.56 Å². The fourth-order valence-electron chi connectivity index (χ4n) is 4.65. The molecule has 4 aromatic rings. The van der Waals surface area contributed by atoms with Gasteiger partial charge < -0.3 is 14.2 Å². The number of aromatic nitrogens is 1. The Balaban J connectivity index is 1.88. The van der Waals surface area contributed by atoms with Crippen molar-refractivity contribution in [3.8, 4) is 11.5 Å². The average molecular weight is 515 g/mol. The lowest BCUT2D eigenvalue weighted by molar-refractivity contribution is -0.139. The van der Waals surface area contributed by atoms with Gasteiger partial charge in [-0.15, -0.1) is 0 Å². The Morgan fingerprint density at radius 1 is 1.08 bits per heavy atom. The van der Waals surface area contributed by atoms with E-state index in [4.69, 9.17) is 14.2 Å². The van der Waals surface area contributed by atoms with Gasteiger partial charge >= 0.3 is 5.97 Å². The van der Waals surface area contributed by atoms with E-state index in [2.05, 4.69) is 4.99 Å². The highest BCUT2D eigenvalue weighted by Crippen LogP contribution is 2.41. The number of hydrogen-bond acceptors (Lipinski definition) is 7. The number of nitrogens with zero attached hydrogens (tertiary/aromatic N) is 2. The van der Waals surface area contributed by atoms with Crippen molar-refractivity contribution in [3.05, 3.63) is 103 Å². The fourth-order valence-corrected chi connectivity index (χ4v) is 5.70. The third kappa shape index (κ3) is 4.34. The number of ether oxygens (including phenoxy) is 3. The average Bonchev–Trinajstić information content (AvgIpc) is 3.21. The molecule has 5 rings (SSSR count). The molecule has 8 heteroatoms. The van der Waals surface area contributed by atoms with Crippen LogP contribution in [0.5, 0.6) is 11.5 Å².